The Kier molecular flexibility index (Phi) is 5.99. The summed E-state index contributed by atoms with van der Waals surface area (Å²) in [6.45, 7) is 0.673. The molecule has 1 amide bonds. The average Bonchev–Trinajstić information content (AvgIpc) is 3.00. The van der Waals surface area contributed by atoms with Crippen LogP contribution >= 0.6 is 11.8 Å². The maximum Gasteiger partial charge on any atom is 0.393 e. The molecular formula is C16H19F3N2O3S. The van der Waals surface area contributed by atoms with Crippen molar-refractivity contribution in [2.45, 2.75) is 24.0 Å². The van der Waals surface area contributed by atoms with Crippen molar-refractivity contribution in [2.24, 2.45) is 11.8 Å². The molecule has 138 valence electrons. The van der Waals surface area contributed by atoms with E-state index >= 15 is 0 Å². The van der Waals surface area contributed by atoms with Crippen LogP contribution in [0.3, 0.4) is 0 Å². The second kappa shape index (κ2) is 7.65. The molecule has 1 heterocycles. The standard InChI is InChI=1S/C16H19F3N2O3S/c1-9(14(22)20-12-5-3-4-6-13(12)25-2)21-7-10(15(23)24)11(8-21)16(17,18)19/h3-6,9-11H,7-8H2,1-2H3,(H,20,22)(H,23,24)/t9?,10-,11-/m1/s1. The molecule has 0 aromatic heterocycles. The van der Waals surface area contributed by atoms with Crippen LogP contribution in [0.2, 0.25) is 0 Å². The highest BCUT2D eigenvalue weighted by Crippen LogP contribution is 2.38. The largest absolute Gasteiger partial charge is 0.481 e. The number of carbonyl (C=O) groups is 2. The molecule has 1 aliphatic heterocycles. The summed E-state index contributed by atoms with van der Waals surface area (Å²) in [6, 6.07) is 6.22. The summed E-state index contributed by atoms with van der Waals surface area (Å²) >= 11 is 1.43. The molecule has 1 saturated heterocycles. The minimum absolute atomic E-state index is 0.307. The number of anilines is 1. The second-order valence-electron chi connectivity index (χ2n) is 5.91. The van der Waals surface area contributed by atoms with Gasteiger partial charge < -0.3 is 10.4 Å². The van der Waals surface area contributed by atoms with Crippen LogP contribution < -0.4 is 5.32 Å². The fraction of sp³-hybridized carbons (Fsp3) is 0.500. The molecule has 0 aliphatic carbocycles. The number of rotatable bonds is 5. The molecular weight excluding hydrogens is 357 g/mol. The van der Waals surface area contributed by atoms with Gasteiger partial charge >= 0.3 is 12.1 Å². The lowest BCUT2D eigenvalue weighted by Gasteiger charge is -2.24. The molecule has 2 N–H and O–H groups in total. The highest BCUT2D eigenvalue weighted by molar-refractivity contribution is 7.98. The maximum atomic E-state index is 13.1. The van der Waals surface area contributed by atoms with Gasteiger partial charge in [-0.05, 0) is 25.3 Å². The van der Waals surface area contributed by atoms with Crippen LogP contribution in [-0.4, -0.2) is 53.4 Å². The lowest BCUT2D eigenvalue weighted by molar-refractivity contribution is -0.188. The Hall–Kier alpha value is -1.74. The van der Waals surface area contributed by atoms with Crippen molar-refractivity contribution in [3.63, 3.8) is 0 Å². The molecule has 0 saturated carbocycles. The van der Waals surface area contributed by atoms with Gasteiger partial charge in [-0.1, -0.05) is 12.1 Å². The van der Waals surface area contributed by atoms with Gasteiger partial charge in [0, 0.05) is 18.0 Å². The first-order chi connectivity index (χ1) is 11.6. The summed E-state index contributed by atoms with van der Waals surface area (Å²) in [5.74, 6) is -5.49. The van der Waals surface area contributed by atoms with Crippen LogP contribution in [0.1, 0.15) is 6.92 Å². The van der Waals surface area contributed by atoms with Gasteiger partial charge in [0.1, 0.15) is 0 Å². The number of para-hydroxylation sites is 1. The molecule has 1 fully saturated rings. The quantitative estimate of drug-likeness (QED) is 0.774. The van der Waals surface area contributed by atoms with E-state index in [1.807, 2.05) is 18.4 Å². The van der Waals surface area contributed by atoms with Crippen molar-refractivity contribution in [2.75, 3.05) is 24.7 Å². The van der Waals surface area contributed by atoms with Gasteiger partial charge in [-0.3, -0.25) is 14.5 Å². The Morgan fingerprint density at radius 2 is 1.96 bits per heavy atom. The van der Waals surface area contributed by atoms with E-state index in [2.05, 4.69) is 5.32 Å². The number of alkyl halides is 3. The molecule has 2 rings (SSSR count). The second-order valence-corrected chi connectivity index (χ2v) is 6.76. The van der Waals surface area contributed by atoms with Crippen LogP contribution in [0.25, 0.3) is 0 Å². The zero-order chi connectivity index (χ0) is 18.8. The Morgan fingerprint density at radius 1 is 1.32 bits per heavy atom. The predicted octanol–water partition coefficient (Wildman–Crippen LogP) is 2.93. The smallest absolute Gasteiger partial charge is 0.393 e. The molecule has 9 heteroatoms. The summed E-state index contributed by atoms with van der Waals surface area (Å²) in [5, 5.41) is 11.8. The van der Waals surface area contributed by atoms with Crippen LogP contribution in [0.15, 0.2) is 29.2 Å². The zero-order valence-corrected chi connectivity index (χ0v) is 14.5. The third kappa shape index (κ3) is 4.46. The van der Waals surface area contributed by atoms with E-state index in [1.165, 1.54) is 23.6 Å². The Labute approximate surface area is 147 Å². The van der Waals surface area contributed by atoms with Gasteiger partial charge in [0.05, 0.1) is 23.6 Å². The van der Waals surface area contributed by atoms with E-state index in [-0.39, 0.29) is 6.54 Å². The van der Waals surface area contributed by atoms with Crippen molar-refractivity contribution in [1.29, 1.82) is 0 Å². The number of hydrogen-bond donors (Lipinski definition) is 2. The molecule has 5 nitrogen and oxygen atoms in total. The molecule has 25 heavy (non-hydrogen) atoms. The zero-order valence-electron chi connectivity index (χ0n) is 13.7. The fourth-order valence-corrected chi connectivity index (χ4v) is 3.44. The van der Waals surface area contributed by atoms with Crippen LogP contribution in [0, 0.1) is 11.8 Å². The van der Waals surface area contributed by atoms with Gasteiger partial charge in [-0.15, -0.1) is 11.8 Å². The van der Waals surface area contributed by atoms with Crippen molar-refractivity contribution in [3.05, 3.63) is 24.3 Å². The molecule has 1 unspecified atom stereocenters. The number of nitrogens with one attached hydrogen (secondary N) is 1. The number of thioether (sulfide) groups is 1. The molecule has 1 aromatic rings. The topological polar surface area (TPSA) is 69.6 Å². The summed E-state index contributed by atoms with van der Waals surface area (Å²) < 4.78 is 39.2. The predicted molar refractivity (Wildman–Crippen MR) is 88.6 cm³/mol. The Bertz CT molecular complexity index is 654. The van der Waals surface area contributed by atoms with Gasteiger partial charge in [-0.25, -0.2) is 0 Å². The van der Waals surface area contributed by atoms with E-state index in [1.54, 1.807) is 12.1 Å². The lowest BCUT2D eigenvalue weighted by Crippen LogP contribution is -2.41. The van der Waals surface area contributed by atoms with Gasteiger partial charge in [0.25, 0.3) is 0 Å². The first kappa shape index (κ1) is 19.6. The van der Waals surface area contributed by atoms with Crippen molar-refractivity contribution >= 4 is 29.3 Å². The molecule has 1 aliphatic rings. The van der Waals surface area contributed by atoms with Crippen LogP contribution in [-0.2, 0) is 9.59 Å². The summed E-state index contributed by atoms with van der Waals surface area (Å²) in [4.78, 5) is 25.7. The number of halogens is 3. The Balaban J connectivity index is 2.11. The van der Waals surface area contributed by atoms with E-state index in [9.17, 15) is 22.8 Å². The first-order valence-electron chi connectivity index (χ1n) is 7.62. The van der Waals surface area contributed by atoms with Crippen LogP contribution in [0.5, 0.6) is 0 Å². The Morgan fingerprint density at radius 3 is 2.48 bits per heavy atom. The van der Waals surface area contributed by atoms with E-state index in [0.29, 0.717) is 5.69 Å². The van der Waals surface area contributed by atoms with Gasteiger partial charge in [0.15, 0.2) is 0 Å². The maximum absolute atomic E-state index is 13.1. The van der Waals surface area contributed by atoms with Gasteiger partial charge in [0.2, 0.25) is 5.91 Å². The van der Waals surface area contributed by atoms with Crippen molar-refractivity contribution < 1.29 is 27.9 Å². The lowest BCUT2D eigenvalue weighted by atomic mass is 9.96. The molecule has 0 spiro atoms. The average molecular weight is 376 g/mol. The third-order valence-corrected chi connectivity index (χ3v) is 5.17. The van der Waals surface area contributed by atoms with E-state index in [0.717, 1.165) is 4.90 Å². The minimum Gasteiger partial charge on any atom is -0.481 e. The van der Waals surface area contributed by atoms with E-state index in [4.69, 9.17) is 5.11 Å². The summed E-state index contributed by atoms with van der Waals surface area (Å²) in [6.07, 6.45) is -2.76. The normalized spacial score (nSPS) is 22.6. The van der Waals surface area contributed by atoms with Crippen molar-refractivity contribution in [3.8, 4) is 0 Å². The molecule has 3 atom stereocenters. The van der Waals surface area contributed by atoms with Gasteiger partial charge in [-0.2, -0.15) is 13.2 Å². The van der Waals surface area contributed by atoms with Crippen LogP contribution in [0.4, 0.5) is 18.9 Å². The number of nitrogens with zero attached hydrogens (tertiary/aromatic N) is 1. The highest BCUT2D eigenvalue weighted by Gasteiger charge is 2.53. The number of aliphatic carboxylic acids is 1. The summed E-state index contributed by atoms with van der Waals surface area (Å²) in [7, 11) is 0. The third-order valence-electron chi connectivity index (χ3n) is 4.38. The van der Waals surface area contributed by atoms with Crippen molar-refractivity contribution in [1.82, 2.24) is 4.90 Å². The number of carboxylic acid groups (broad SMARTS) is 1. The molecule has 0 radical (unpaired) electrons. The first-order valence-corrected chi connectivity index (χ1v) is 8.85. The summed E-state index contributed by atoms with van der Waals surface area (Å²) in [5.41, 5.74) is 0.577. The number of amides is 1. The number of carbonyl (C=O) groups excluding carboxylic acids is 1. The van der Waals surface area contributed by atoms with E-state index < -0.39 is 42.5 Å². The number of benzene rings is 1. The highest BCUT2D eigenvalue weighted by atomic mass is 32.2. The fourth-order valence-electron chi connectivity index (χ4n) is 2.88. The minimum atomic E-state index is -4.61. The number of hydrogen-bond acceptors (Lipinski definition) is 4. The molecule has 0 bridgehead atoms. The number of likely N-dealkylation sites (tertiary alicyclic amines) is 1. The molecule has 1 aromatic carbocycles. The monoisotopic (exact) mass is 376 g/mol. The number of carboxylic acids is 1. The SMILES string of the molecule is CSc1ccccc1NC(=O)C(C)N1C[C@@H](C(F)(F)F)[C@H](C(=O)O)C1.